The van der Waals surface area contributed by atoms with Crippen LogP contribution in [0.5, 0.6) is 0 Å². The van der Waals surface area contributed by atoms with Gasteiger partial charge in [0.15, 0.2) is 0 Å². The van der Waals surface area contributed by atoms with Crippen molar-refractivity contribution < 1.29 is 9.53 Å². The summed E-state index contributed by atoms with van der Waals surface area (Å²) < 4.78 is 5.53. The average molecular weight is 454 g/mol. The first-order valence-corrected chi connectivity index (χ1v) is 11.3. The minimum atomic E-state index is -0.477. The molecule has 1 amide bonds. The second-order valence-corrected chi connectivity index (χ2v) is 10.1. The molecule has 2 fully saturated rings. The minimum absolute atomic E-state index is 0.163. The van der Waals surface area contributed by atoms with Crippen LogP contribution >= 0.6 is 11.6 Å². The summed E-state index contributed by atoms with van der Waals surface area (Å²) in [6.07, 6.45) is 4.36. The fraction of sp³-hybridized carbons (Fsp3) is 0.500. The predicted molar refractivity (Wildman–Crippen MR) is 123 cm³/mol. The smallest absolute Gasteiger partial charge is 0.410 e. The molecular formula is C24H28ClN5O2. The molecule has 0 atom stereocenters. The van der Waals surface area contributed by atoms with E-state index in [-0.39, 0.29) is 11.5 Å². The van der Waals surface area contributed by atoms with E-state index in [9.17, 15) is 4.79 Å². The Morgan fingerprint density at radius 1 is 1.16 bits per heavy atom. The van der Waals surface area contributed by atoms with Crippen LogP contribution in [0.3, 0.4) is 0 Å². The number of nitriles is 1. The van der Waals surface area contributed by atoms with E-state index < -0.39 is 5.60 Å². The zero-order valence-corrected chi connectivity index (χ0v) is 19.5. The first-order chi connectivity index (χ1) is 15.2. The standard InChI is InChI=1S/C24H28ClN5O2/c1-23(2,3)32-22(31)29-11-8-24(9-12-29)10-13-30(16-24)21-27-15-19(25)20(28-21)18-6-4-17(14-26)5-7-18/h4-7,15H,8-13,16H2,1-3H3. The van der Waals surface area contributed by atoms with Gasteiger partial charge in [-0.25, -0.2) is 14.8 Å². The number of ether oxygens (including phenoxy) is 1. The molecule has 1 aromatic heterocycles. The highest BCUT2D eigenvalue weighted by atomic mass is 35.5. The summed E-state index contributed by atoms with van der Waals surface area (Å²) in [6, 6.07) is 9.36. The molecule has 7 nitrogen and oxygen atoms in total. The summed E-state index contributed by atoms with van der Waals surface area (Å²) in [6.45, 7) is 8.84. The number of carbonyl (C=O) groups excluding carboxylic acids is 1. The maximum absolute atomic E-state index is 12.4. The van der Waals surface area contributed by atoms with Gasteiger partial charge in [0.2, 0.25) is 5.95 Å². The Bertz CT molecular complexity index is 1030. The van der Waals surface area contributed by atoms with Gasteiger partial charge in [-0.15, -0.1) is 0 Å². The molecule has 4 rings (SSSR count). The van der Waals surface area contributed by atoms with Gasteiger partial charge < -0.3 is 14.5 Å². The number of rotatable bonds is 2. The molecule has 0 aliphatic carbocycles. The van der Waals surface area contributed by atoms with E-state index >= 15 is 0 Å². The van der Waals surface area contributed by atoms with Crippen molar-refractivity contribution in [3.8, 4) is 17.3 Å². The van der Waals surface area contributed by atoms with E-state index in [0.29, 0.717) is 35.3 Å². The number of amides is 1. The van der Waals surface area contributed by atoms with Gasteiger partial charge in [-0.05, 0) is 57.6 Å². The predicted octanol–water partition coefficient (Wildman–Crippen LogP) is 4.90. The van der Waals surface area contributed by atoms with Crippen LogP contribution in [0.4, 0.5) is 10.7 Å². The van der Waals surface area contributed by atoms with Crippen molar-refractivity contribution in [3.05, 3.63) is 41.0 Å². The third-order valence-electron chi connectivity index (χ3n) is 6.22. The summed E-state index contributed by atoms with van der Waals surface area (Å²) in [7, 11) is 0. The van der Waals surface area contributed by atoms with Crippen LogP contribution in [0, 0.1) is 16.7 Å². The number of anilines is 1. The lowest BCUT2D eigenvalue weighted by molar-refractivity contribution is 0.0122. The van der Waals surface area contributed by atoms with Gasteiger partial charge in [-0.3, -0.25) is 0 Å². The summed E-state index contributed by atoms with van der Waals surface area (Å²) in [5.41, 5.74) is 1.81. The normalized spacial score (nSPS) is 18.0. The Labute approximate surface area is 194 Å². The fourth-order valence-electron chi connectivity index (χ4n) is 4.42. The lowest BCUT2D eigenvalue weighted by Crippen LogP contribution is -2.46. The molecule has 32 heavy (non-hydrogen) atoms. The highest BCUT2D eigenvalue weighted by Gasteiger charge is 2.42. The Morgan fingerprint density at radius 2 is 1.81 bits per heavy atom. The first kappa shape index (κ1) is 22.3. The number of carbonyl (C=O) groups is 1. The Hall–Kier alpha value is -2.85. The third kappa shape index (κ3) is 4.81. The average Bonchev–Trinajstić information content (AvgIpc) is 3.17. The summed E-state index contributed by atoms with van der Waals surface area (Å²) >= 11 is 6.39. The number of hydrogen-bond donors (Lipinski definition) is 0. The van der Waals surface area contributed by atoms with Crippen molar-refractivity contribution >= 4 is 23.6 Å². The molecule has 0 N–H and O–H groups in total. The van der Waals surface area contributed by atoms with Crippen molar-refractivity contribution in [2.24, 2.45) is 5.41 Å². The monoisotopic (exact) mass is 453 g/mol. The van der Waals surface area contributed by atoms with Crippen LogP contribution < -0.4 is 4.90 Å². The second-order valence-electron chi connectivity index (χ2n) is 9.69. The summed E-state index contributed by atoms with van der Waals surface area (Å²) in [4.78, 5) is 25.7. The van der Waals surface area contributed by atoms with Gasteiger partial charge in [0.25, 0.3) is 0 Å². The number of hydrogen-bond acceptors (Lipinski definition) is 6. The summed E-state index contributed by atoms with van der Waals surface area (Å²) in [5.74, 6) is 0.667. The molecule has 0 saturated carbocycles. The van der Waals surface area contributed by atoms with Crippen LogP contribution in [0.15, 0.2) is 30.5 Å². The zero-order chi connectivity index (χ0) is 22.9. The van der Waals surface area contributed by atoms with Crippen molar-refractivity contribution in [3.63, 3.8) is 0 Å². The molecule has 3 heterocycles. The number of piperidine rings is 1. The number of likely N-dealkylation sites (tertiary alicyclic amines) is 1. The molecular weight excluding hydrogens is 426 g/mol. The van der Waals surface area contributed by atoms with Crippen molar-refractivity contribution in [2.45, 2.75) is 45.6 Å². The van der Waals surface area contributed by atoms with E-state index in [1.165, 1.54) is 0 Å². The largest absolute Gasteiger partial charge is 0.444 e. The molecule has 2 saturated heterocycles. The highest BCUT2D eigenvalue weighted by Crippen LogP contribution is 2.42. The van der Waals surface area contributed by atoms with Gasteiger partial charge in [-0.2, -0.15) is 5.26 Å². The molecule has 0 unspecified atom stereocenters. The van der Waals surface area contributed by atoms with Crippen LogP contribution in [-0.2, 0) is 4.74 Å². The van der Waals surface area contributed by atoms with Crippen molar-refractivity contribution in [2.75, 3.05) is 31.1 Å². The molecule has 0 bridgehead atoms. The van der Waals surface area contributed by atoms with Gasteiger partial charge in [0, 0.05) is 31.7 Å². The van der Waals surface area contributed by atoms with Gasteiger partial charge in [0.1, 0.15) is 5.60 Å². The molecule has 8 heteroatoms. The van der Waals surface area contributed by atoms with Crippen LogP contribution in [0.25, 0.3) is 11.3 Å². The topological polar surface area (TPSA) is 82.4 Å². The fourth-order valence-corrected chi connectivity index (χ4v) is 4.62. The molecule has 2 aliphatic heterocycles. The molecule has 1 spiro atoms. The second kappa shape index (κ2) is 8.59. The van der Waals surface area contributed by atoms with Crippen LogP contribution in [-0.4, -0.2) is 52.7 Å². The van der Waals surface area contributed by atoms with E-state index in [2.05, 4.69) is 16.0 Å². The van der Waals surface area contributed by atoms with E-state index in [1.807, 2.05) is 37.8 Å². The van der Waals surface area contributed by atoms with Crippen LogP contribution in [0.1, 0.15) is 45.6 Å². The maximum atomic E-state index is 12.4. The molecule has 1 aromatic carbocycles. The van der Waals surface area contributed by atoms with Crippen LogP contribution in [0.2, 0.25) is 5.02 Å². The van der Waals surface area contributed by atoms with Gasteiger partial charge in [0.05, 0.1) is 28.5 Å². The third-order valence-corrected chi connectivity index (χ3v) is 6.49. The van der Waals surface area contributed by atoms with E-state index in [1.54, 1.807) is 18.3 Å². The lowest BCUT2D eigenvalue weighted by Gasteiger charge is -2.39. The maximum Gasteiger partial charge on any atom is 0.410 e. The van der Waals surface area contributed by atoms with Gasteiger partial charge in [-0.1, -0.05) is 23.7 Å². The number of aromatic nitrogens is 2. The lowest BCUT2D eigenvalue weighted by atomic mass is 9.78. The number of nitrogens with zero attached hydrogens (tertiary/aromatic N) is 5. The quantitative estimate of drug-likeness (QED) is 0.643. The molecule has 168 valence electrons. The molecule has 2 aliphatic rings. The first-order valence-electron chi connectivity index (χ1n) is 10.9. The highest BCUT2D eigenvalue weighted by molar-refractivity contribution is 6.32. The Balaban J connectivity index is 1.44. The number of benzene rings is 1. The van der Waals surface area contributed by atoms with Gasteiger partial charge >= 0.3 is 6.09 Å². The molecule has 2 aromatic rings. The minimum Gasteiger partial charge on any atom is -0.444 e. The van der Waals surface area contributed by atoms with E-state index in [0.717, 1.165) is 37.9 Å². The van der Waals surface area contributed by atoms with Crippen molar-refractivity contribution in [1.29, 1.82) is 5.26 Å². The zero-order valence-electron chi connectivity index (χ0n) is 18.8. The van der Waals surface area contributed by atoms with Crippen molar-refractivity contribution in [1.82, 2.24) is 14.9 Å². The SMILES string of the molecule is CC(C)(C)OC(=O)N1CCC2(CC1)CCN(c1ncc(Cl)c(-c3ccc(C#N)cc3)n1)C2. The Kier molecular flexibility index (Phi) is 6.00. The Morgan fingerprint density at radius 3 is 2.44 bits per heavy atom. The van der Waals surface area contributed by atoms with E-state index in [4.69, 9.17) is 26.6 Å². The molecule has 0 radical (unpaired) electrons. The number of halogens is 1. The summed E-state index contributed by atoms with van der Waals surface area (Å²) in [5, 5.41) is 9.51.